The van der Waals surface area contributed by atoms with Gasteiger partial charge in [-0.05, 0) is 61.5 Å². The molecule has 3 aromatic carbocycles. The van der Waals surface area contributed by atoms with Crippen LogP contribution in [0.2, 0.25) is 0 Å². The van der Waals surface area contributed by atoms with E-state index in [-0.39, 0.29) is 75.4 Å². The van der Waals surface area contributed by atoms with Crippen LogP contribution in [0.5, 0.6) is 0 Å². The Morgan fingerprint density at radius 2 is 1.25 bits per heavy atom. The van der Waals surface area contributed by atoms with Crippen LogP contribution in [0.1, 0.15) is 84.3 Å². The molecule has 0 unspecified atom stereocenters. The van der Waals surface area contributed by atoms with Gasteiger partial charge in [0.25, 0.3) is 23.7 Å². The molecule has 2 aliphatic heterocycles. The number of aryl methyl sites for hydroxylation is 1. The minimum absolute atomic E-state index is 0.00263. The van der Waals surface area contributed by atoms with Gasteiger partial charge in [0.15, 0.2) is 17.5 Å². The van der Waals surface area contributed by atoms with Gasteiger partial charge < -0.3 is 20.4 Å². The Morgan fingerprint density at radius 3 is 1.82 bits per heavy atom. The lowest BCUT2D eigenvalue weighted by Gasteiger charge is -2.24. The van der Waals surface area contributed by atoms with Crippen LogP contribution in [0.4, 0.5) is 58.1 Å². The summed E-state index contributed by atoms with van der Waals surface area (Å²) >= 11 is 0. The highest BCUT2D eigenvalue weighted by Gasteiger charge is 2.41. The van der Waals surface area contributed by atoms with Gasteiger partial charge in [-0.3, -0.25) is 9.59 Å². The number of nitriles is 1. The monoisotopic (exact) mass is 943 g/mol. The maximum absolute atomic E-state index is 15.0. The molecule has 2 N–H and O–H groups in total. The van der Waals surface area contributed by atoms with Crippen molar-refractivity contribution in [3.05, 3.63) is 143 Å². The van der Waals surface area contributed by atoms with E-state index in [4.69, 9.17) is 5.26 Å². The number of amides is 2. The van der Waals surface area contributed by atoms with Gasteiger partial charge in [-0.2, -0.15) is 5.26 Å². The molecule has 5 heterocycles. The van der Waals surface area contributed by atoms with Crippen LogP contribution in [0.3, 0.4) is 0 Å². The van der Waals surface area contributed by atoms with Crippen molar-refractivity contribution in [1.82, 2.24) is 19.9 Å². The van der Waals surface area contributed by atoms with Crippen molar-refractivity contribution in [2.45, 2.75) is 65.2 Å². The molecule has 2 saturated heterocycles. The van der Waals surface area contributed by atoms with Crippen LogP contribution < -0.4 is 20.4 Å². The van der Waals surface area contributed by atoms with Gasteiger partial charge in [-0.15, -0.1) is 0 Å². The minimum Gasteiger partial charge on any atom is -0.349 e. The molecule has 2 aliphatic rings. The standard InChI is InChI=1S/C24H18F4N4O.C23H21F4N5O.C2H6/c1-14-10-19(18-11-17(25)6-7-20(18)26)21(22(30-14)32-9-8-24(27,28)13-32)31-23(33)16-4-2-15(12-29)3-5-16;1-13(2)20-28-9-14(10-29-20)22(33)31-19-18(15-5-3-4-6-16(15)24)17(25)11-30-21(19)32-8-7-23(26,27)12-32;1-2/h2-7,10-11H,8-9,13H2,1H3,(H,31,33);3-6,9-11,13H,7-8,12H2,1-2H3,(H,31,33);1-2H3. The fourth-order valence-electron chi connectivity index (χ4n) is 7.34. The topological polar surface area (TPSA) is 140 Å². The van der Waals surface area contributed by atoms with E-state index in [2.05, 4.69) is 30.6 Å². The predicted molar refractivity (Wildman–Crippen MR) is 242 cm³/mol. The number of hydrogen-bond acceptors (Lipinski definition) is 9. The first-order chi connectivity index (χ1) is 32.3. The lowest BCUT2D eigenvalue weighted by Crippen LogP contribution is -2.27. The first-order valence-electron chi connectivity index (χ1n) is 21.4. The van der Waals surface area contributed by atoms with Crippen LogP contribution in [0, 0.1) is 41.5 Å². The average Bonchev–Trinajstić information content (AvgIpc) is 3.88. The number of pyridine rings is 2. The van der Waals surface area contributed by atoms with Crippen molar-refractivity contribution in [2.24, 2.45) is 0 Å². The molecule has 2 amide bonds. The van der Waals surface area contributed by atoms with Gasteiger partial charge in [0.1, 0.15) is 23.3 Å². The molecule has 0 radical (unpaired) electrons. The summed E-state index contributed by atoms with van der Waals surface area (Å²) in [6.45, 7) is 8.04. The average molecular weight is 944 g/mol. The van der Waals surface area contributed by atoms with Crippen molar-refractivity contribution in [3.63, 3.8) is 0 Å². The van der Waals surface area contributed by atoms with Gasteiger partial charge in [-0.1, -0.05) is 45.9 Å². The second-order valence-corrected chi connectivity index (χ2v) is 15.9. The van der Waals surface area contributed by atoms with Crippen LogP contribution >= 0.6 is 0 Å². The highest BCUT2D eigenvalue weighted by molar-refractivity contribution is 6.09. The third-order valence-electron chi connectivity index (χ3n) is 10.6. The lowest BCUT2D eigenvalue weighted by atomic mass is 10.0. The number of carbonyl (C=O) groups excluding carboxylic acids is 2. The first kappa shape index (κ1) is 49.9. The first-order valence-corrected chi connectivity index (χ1v) is 21.4. The highest BCUT2D eigenvalue weighted by atomic mass is 19.3. The summed E-state index contributed by atoms with van der Waals surface area (Å²) in [7, 11) is 0. The Balaban J connectivity index is 0.000000216. The van der Waals surface area contributed by atoms with Crippen molar-refractivity contribution in [3.8, 4) is 28.3 Å². The Labute approximate surface area is 386 Å². The third kappa shape index (κ3) is 11.5. The maximum Gasteiger partial charge on any atom is 0.266 e. The smallest absolute Gasteiger partial charge is 0.266 e. The van der Waals surface area contributed by atoms with E-state index in [0.29, 0.717) is 17.1 Å². The number of hydrogen-bond donors (Lipinski definition) is 2. The van der Waals surface area contributed by atoms with Crippen molar-refractivity contribution in [2.75, 3.05) is 46.6 Å². The molecule has 6 aromatic rings. The molecule has 19 heteroatoms. The molecule has 0 spiro atoms. The fourth-order valence-corrected chi connectivity index (χ4v) is 7.34. The zero-order valence-electron chi connectivity index (χ0n) is 37.5. The number of halogens is 8. The van der Waals surface area contributed by atoms with Crippen LogP contribution in [-0.4, -0.2) is 69.8 Å². The number of nitrogens with zero attached hydrogens (tertiary/aromatic N) is 7. The van der Waals surface area contributed by atoms with Gasteiger partial charge >= 0.3 is 0 Å². The summed E-state index contributed by atoms with van der Waals surface area (Å²) < 4.78 is 114. The molecule has 0 atom stereocenters. The number of benzene rings is 3. The molecule has 8 rings (SSSR count). The minimum atomic E-state index is -2.96. The summed E-state index contributed by atoms with van der Waals surface area (Å²) in [5.41, 5.74) is 0.371. The van der Waals surface area contributed by atoms with Crippen molar-refractivity contribution < 1.29 is 44.7 Å². The molecular formula is C49H45F8N9O2. The Morgan fingerprint density at radius 1 is 0.676 bits per heavy atom. The van der Waals surface area contributed by atoms with E-state index in [1.165, 1.54) is 70.7 Å². The van der Waals surface area contributed by atoms with Crippen LogP contribution in [0.15, 0.2) is 91.4 Å². The predicted octanol–water partition coefficient (Wildman–Crippen LogP) is 11.4. The van der Waals surface area contributed by atoms with Gasteiger partial charge in [0.05, 0.1) is 47.9 Å². The Bertz CT molecular complexity index is 2840. The summed E-state index contributed by atoms with van der Waals surface area (Å²) in [6.07, 6.45) is 2.66. The quantitative estimate of drug-likeness (QED) is 0.136. The van der Waals surface area contributed by atoms with E-state index in [1.807, 2.05) is 33.8 Å². The summed E-state index contributed by atoms with van der Waals surface area (Å²) in [4.78, 5) is 45.1. The fraction of sp³-hybridized carbons (Fsp3) is 0.286. The SMILES string of the molecule is CC.CC(C)c1ncc(C(=O)Nc2c(N3CCC(F)(F)C3)ncc(F)c2-c2ccccc2F)cn1.Cc1cc(-c2cc(F)ccc2F)c(NC(=O)c2ccc(C#N)cc2)c(N2CCC(F)(F)C2)n1. The largest absolute Gasteiger partial charge is 0.349 e. The molecule has 68 heavy (non-hydrogen) atoms. The van der Waals surface area contributed by atoms with Gasteiger partial charge in [0, 0.05) is 77.8 Å². The normalized spacial score (nSPS) is 14.6. The molecule has 3 aromatic heterocycles. The number of anilines is 4. The summed E-state index contributed by atoms with van der Waals surface area (Å²) in [5.74, 6) is -9.74. The van der Waals surface area contributed by atoms with Gasteiger partial charge in [0.2, 0.25) is 0 Å². The molecule has 11 nitrogen and oxygen atoms in total. The highest BCUT2D eigenvalue weighted by Crippen LogP contribution is 2.43. The molecule has 354 valence electrons. The van der Waals surface area contributed by atoms with Gasteiger partial charge in [-0.25, -0.2) is 55.1 Å². The zero-order chi connectivity index (χ0) is 49.5. The van der Waals surface area contributed by atoms with Crippen molar-refractivity contribution in [1.29, 1.82) is 5.26 Å². The number of alkyl halides is 4. The van der Waals surface area contributed by atoms with E-state index in [1.54, 1.807) is 6.92 Å². The molecule has 0 bridgehead atoms. The number of nitrogens with one attached hydrogen (secondary N) is 2. The van der Waals surface area contributed by atoms with Crippen molar-refractivity contribution >= 4 is 34.8 Å². The zero-order valence-corrected chi connectivity index (χ0v) is 37.5. The van der Waals surface area contributed by atoms with Crippen LogP contribution in [0.25, 0.3) is 22.3 Å². The van der Waals surface area contributed by atoms with E-state index < -0.39 is 72.9 Å². The van der Waals surface area contributed by atoms with E-state index >= 15 is 0 Å². The maximum atomic E-state index is 15.0. The van der Waals surface area contributed by atoms with E-state index in [9.17, 15) is 44.7 Å². The molecule has 0 saturated carbocycles. The molecule has 2 fully saturated rings. The molecular weight excluding hydrogens is 899 g/mol. The number of rotatable bonds is 9. The summed E-state index contributed by atoms with van der Waals surface area (Å²) in [5, 5.41) is 14.1. The lowest BCUT2D eigenvalue weighted by molar-refractivity contribution is 0.0249. The number of aromatic nitrogens is 4. The summed E-state index contributed by atoms with van der Waals surface area (Å²) in [6, 6.07) is 17.5. The third-order valence-corrected chi connectivity index (χ3v) is 10.6. The Kier molecular flexibility index (Phi) is 15.4. The second kappa shape index (κ2) is 21.0. The number of carbonyl (C=O) groups is 2. The van der Waals surface area contributed by atoms with Crippen LogP contribution in [-0.2, 0) is 0 Å². The molecule has 0 aliphatic carbocycles. The second-order valence-electron chi connectivity index (χ2n) is 15.9. The van der Waals surface area contributed by atoms with E-state index in [0.717, 1.165) is 30.5 Å². The Hall–Kier alpha value is -7.49.